The second-order valence-corrected chi connectivity index (χ2v) is 14.6. The summed E-state index contributed by atoms with van der Waals surface area (Å²) in [5, 5.41) is 32.4. The summed E-state index contributed by atoms with van der Waals surface area (Å²) in [6.07, 6.45) is 8.53. The zero-order valence-electron chi connectivity index (χ0n) is 23.2. The van der Waals surface area contributed by atoms with E-state index in [0.29, 0.717) is 30.1 Å². The number of hydrogen-bond donors (Lipinski definition) is 3. The van der Waals surface area contributed by atoms with Crippen LogP contribution in [0.25, 0.3) is 0 Å². The Bertz CT molecular complexity index is 914. The fourth-order valence-electron chi connectivity index (χ4n) is 11.0. The van der Waals surface area contributed by atoms with E-state index in [1.54, 1.807) is 0 Å². The second kappa shape index (κ2) is 8.70. The van der Waals surface area contributed by atoms with Gasteiger partial charge in [0.25, 0.3) is 0 Å². The summed E-state index contributed by atoms with van der Waals surface area (Å²) in [6.45, 7) is 16.3. The molecule has 0 unspecified atom stereocenters. The summed E-state index contributed by atoms with van der Waals surface area (Å²) >= 11 is 0. The molecule has 192 valence electrons. The first-order valence-electron chi connectivity index (χ1n) is 14.0. The molecule has 0 radical (unpaired) electrons. The molecule has 11 atom stereocenters. The topological polar surface area (TPSA) is 77.8 Å². The first kappa shape index (κ1) is 28.4. The molecule has 3 N–H and O–H groups in total. The number of carbonyl (C=O) groups is 1. The van der Waals surface area contributed by atoms with Crippen LogP contribution in [0.3, 0.4) is 0 Å². The summed E-state index contributed by atoms with van der Waals surface area (Å²) < 4.78 is 0. The smallest absolute Gasteiger partial charge is 0.481 e. The number of carboxylic acids is 1. The molecule has 0 saturated heterocycles. The maximum atomic E-state index is 12.8. The van der Waals surface area contributed by atoms with Crippen molar-refractivity contribution in [1.82, 2.24) is 0 Å². The summed E-state index contributed by atoms with van der Waals surface area (Å²) in [5.74, 6) is 1.30. The molecule has 5 heteroatoms. The van der Waals surface area contributed by atoms with E-state index < -0.39 is 23.6 Å². The number of fused-ring (bicyclic) bond motifs is 7. The summed E-state index contributed by atoms with van der Waals surface area (Å²) in [7, 11) is 0. The predicted octanol–water partition coefficient (Wildman–Crippen LogP) is 5.68. The first-order valence-corrected chi connectivity index (χ1v) is 14.0. The van der Waals surface area contributed by atoms with Gasteiger partial charge in [0, 0.05) is 0 Å². The van der Waals surface area contributed by atoms with Crippen molar-refractivity contribution in [2.24, 2.45) is 56.7 Å². The van der Waals surface area contributed by atoms with E-state index in [0.717, 1.165) is 44.9 Å². The summed E-state index contributed by atoms with van der Waals surface area (Å²) in [4.78, 5) is 12.8. The summed E-state index contributed by atoms with van der Waals surface area (Å²) in [5.41, 5.74) is 0.574. The van der Waals surface area contributed by atoms with Gasteiger partial charge in [0.2, 0.25) is 0 Å². The van der Waals surface area contributed by atoms with Gasteiger partial charge < -0.3 is 15.3 Å². The number of aliphatic hydroxyl groups excluding tert-OH is 2. The van der Waals surface area contributed by atoms with E-state index in [1.807, 2.05) is 0 Å². The Balaban J connectivity index is 0.00000289. The molecule has 4 nitrogen and oxygen atoms in total. The Hall–Kier alpha value is 0.390. The molecule has 0 heterocycles. The monoisotopic (exact) mass is 512 g/mol. The Kier molecular flexibility index (Phi) is 7.06. The quantitative estimate of drug-likeness (QED) is 0.312. The molecule has 0 bridgehead atoms. The standard InChI is InChI=1S/C30H48O4.Ca/c1-17-10-13-30(25(33)34)15-14-28(6)19(23(30)18(17)2)8-9-22-27(5)16-20(31)24(32)26(3,4)21(27)11-12-29(22,28)7;/h8,17-18,20-24,31-32H,9-16H2,1-7H3,(H,33,34);/q;+2/t17-,18+,20-,21+,22-,23+,24+,27+,28-,29-,30+;/m1./s1. The van der Waals surface area contributed by atoms with Crippen LogP contribution < -0.4 is 0 Å². The average Bonchev–Trinajstić information content (AvgIpc) is 2.75. The number of allylic oxidation sites excluding steroid dienone is 2. The van der Waals surface area contributed by atoms with E-state index in [-0.39, 0.29) is 65.3 Å². The molecule has 0 aromatic rings. The molecule has 0 aromatic heterocycles. The third-order valence-electron chi connectivity index (χ3n) is 13.4. The molecular weight excluding hydrogens is 464 g/mol. The van der Waals surface area contributed by atoms with Gasteiger partial charge in [-0.3, -0.25) is 4.79 Å². The van der Waals surface area contributed by atoms with Crippen LogP contribution in [0.15, 0.2) is 11.6 Å². The van der Waals surface area contributed by atoms with Crippen molar-refractivity contribution in [3.63, 3.8) is 0 Å². The fourth-order valence-corrected chi connectivity index (χ4v) is 11.0. The van der Waals surface area contributed by atoms with Gasteiger partial charge in [0.05, 0.1) is 17.6 Å². The molecule has 5 aliphatic carbocycles. The maximum absolute atomic E-state index is 12.8. The molecule has 0 aliphatic heterocycles. The first-order chi connectivity index (χ1) is 15.7. The van der Waals surface area contributed by atoms with E-state index >= 15 is 0 Å². The normalized spacial score (nSPS) is 54.7. The third kappa shape index (κ3) is 3.44. The van der Waals surface area contributed by atoms with Gasteiger partial charge in [-0.2, -0.15) is 0 Å². The van der Waals surface area contributed by atoms with Crippen LogP contribution in [-0.2, 0) is 4.79 Å². The van der Waals surface area contributed by atoms with Crippen LogP contribution in [0.1, 0.15) is 99.8 Å². The number of hydrogen-bond acceptors (Lipinski definition) is 3. The Morgan fingerprint density at radius 2 is 1.60 bits per heavy atom. The van der Waals surface area contributed by atoms with E-state index in [4.69, 9.17) is 0 Å². The number of carboxylic acid groups (broad SMARTS) is 1. The average molecular weight is 513 g/mol. The zero-order chi connectivity index (χ0) is 25.1. The van der Waals surface area contributed by atoms with E-state index in [1.165, 1.54) is 5.57 Å². The van der Waals surface area contributed by atoms with Crippen LogP contribution >= 0.6 is 0 Å². The predicted molar refractivity (Wildman–Crippen MR) is 140 cm³/mol. The number of aliphatic hydroxyl groups is 2. The Morgan fingerprint density at radius 1 is 0.943 bits per heavy atom. The minimum atomic E-state index is -0.679. The molecule has 5 rings (SSSR count). The van der Waals surface area contributed by atoms with Crippen LogP contribution in [0.2, 0.25) is 0 Å². The van der Waals surface area contributed by atoms with Crippen molar-refractivity contribution in [1.29, 1.82) is 0 Å². The largest absolute Gasteiger partial charge is 2.00 e. The Morgan fingerprint density at radius 3 is 2.23 bits per heavy atom. The van der Waals surface area contributed by atoms with Gasteiger partial charge in [0.1, 0.15) is 0 Å². The Labute approximate surface area is 242 Å². The van der Waals surface area contributed by atoms with Crippen molar-refractivity contribution in [3.8, 4) is 0 Å². The van der Waals surface area contributed by atoms with Gasteiger partial charge in [0.15, 0.2) is 0 Å². The van der Waals surface area contributed by atoms with Gasteiger partial charge >= 0.3 is 43.7 Å². The van der Waals surface area contributed by atoms with Gasteiger partial charge in [-0.25, -0.2) is 0 Å². The molecule has 35 heavy (non-hydrogen) atoms. The SMILES string of the molecule is C[C@H]1[C@H](C)CC[C@]2(C(=O)O)CC[C@]3(C)C(=CC[C@@H]4[C@@]5(C)C[C@@H](O)[C@H](O)C(C)(C)[C@@H]5CC[C@]43C)[C@H]12.[Ca+2]. The van der Waals surface area contributed by atoms with Crippen molar-refractivity contribution in [2.45, 2.75) is 112 Å². The molecule has 4 saturated carbocycles. The second-order valence-electron chi connectivity index (χ2n) is 14.6. The maximum Gasteiger partial charge on any atom is 2.00 e. The molecular formula is C30H48CaO4+2. The minimum Gasteiger partial charge on any atom is -0.481 e. The minimum absolute atomic E-state index is 0. The van der Waals surface area contributed by atoms with Crippen LogP contribution in [0.4, 0.5) is 0 Å². The van der Waals surface area contributed by atoms with Gasteiger partial charge in [-0.15, -0.1) is 0 Å². The van der Waals surface area contributed by atoms with Crippen LogP contribution in [0, 0.1) is 56.7 Å². The van der Waals surface area contributed by atoms with Crippen molar-refractivity contribution in [3.05, 3.63) is 11.6 Å². The molecule has 0 spiro atoms. The van der Waals surface area contributed by atoms with Gasteiger partial charge in [-0.1, -0.05) is 60.1 Å². The van der Waals surface area contributed by atoms with Crippen molar-refractivity contribution in [2.75, 3.05) is 0 Å². The number of aliphatic carboxylic acids is 1. The third-order valence-corrected chi connectivity index (χ3v) is 13.4. The zero-order valence-corrected chi connectivity index (χ0v) is 25.4. The van der Waals surface area contributed by atoms with Crippen LogP contribution in [-0.4, -0.2) is 71.2 Å². The van der Waals surface area contributed by atoms with Crippen molar-refractivity contribution >= 4 is 43.7 Å². The van der Waals surface area contributed by atoms with Crippen LogP contribution in [0.5, 0.6) is 0 Å². The number of rotatable bonds is 1. The van der Waals surface area contributed by atoms with E-state index in [2.05, 4.69) is 54.5 Å². The summed E-state index contributed by atoms with van der Waals surface area (Å²) in [6, 6.07) is 0. The molecule has 4 fully saturated rings. The molecule has 0 aromatic carbocycles. The van der Waals surface area contributed by atoms with Crippen molar-refractivity contribution < 1.29 is 20.1 Å². The molecule has 0 amide bonds. The fraction of sp³-hybridized carbons (Fsp3) is 0.900. The van der Waals surface area contributed by atoms with Gasteiger partial charge in [-0.05, 0) is 103 Å². The van der Waals surface area contributed by atoms with E-state index in [9.17, 15) is 20.1 Å². The molecule has 5 aliphatic rings.